The number of carbonyl (C=O) groups is 2. The normalized spacial score (nSPS) is 20.4. The van der Waals surface area contributed by atoms with Gasteiger partial charge >= 0.3 is 0 Å². The summed E-state index contributed by atoms with van der Waals surface area (Å²) in [4.78, 5) is 28.7. The van der Waals surface area contributed by atoms with Gasteiger partial charge < -0.3 is 29.2 Å². The van der Waals surface area contributed by atoms with Gasteiger partial charge in [-0.2, -0.15) is 0 Å². The first-order valence-corrected chi connectivity index (χ1v) is 10.9. The lowest BCUT2D eigenvalue weighted by atomic mass is 10.0. The van der Waals surface area contributed by atoms with E-state index in [9.17, 15) is 9.59 Å². The molecule has 0 aromatic heterocycles. The van der Waals surface area contributed by atoms with E-state index >= 15 is 0 Å². The van der Waals surface area contributed by atoms with Gasteiger partial charge in [-0.3, -0.25) is 9.59 Å². The molecule has 0 bridgehead atoms. The van der Waals surface area contributed by atoms with E-state index in [0.717, 1.165) is 5.56 Å². The van der Waals surface area contributed by atoms with Gasteiger partial charge in [0.1, 0.15) is 22.9 Å². The van der Waals surface area contributed by atoms with Gasteiger partial charge in [-0.25, -0.2) is 0 Å². The van der Waals surface area contributed by atoms with E-state index in [1.54, 1.807) is 48.0 Å². The van der Waals surface area contributed by atoms with Crippen LogP contribution < -0.4 is 24.3 Å². The number of rotatable bonds is 6. The van der Waals surface area contributed by atoms with Gasteiger partial charge in [0.15, 0.2) is 11.5 Å². The number of amides is 2. The zero-order chi connectivity index (χ0) is 23.2. The minimum atomic E-state index is -0.719. The molecular weight excluding hydrogens is 432 g/mol. The average Bonchev–Trinajstić information content (AvgIpc) is 3.21. The fourth-order valence-electron chi connectivity index (χ4n) is 4.37. The standard InChI is InChI=1S/C23H26N2O6S/c1-23(2)19(20(26)24-14-11-12(28-3)7-9-15(14)29-4)25-21(27)17-13(22(25)32-23)8-10-16(30-5)18(17)31-6/h7-11,19,22H,1-6H3,(H,24,26)/t19-,22+/m1/s1. The van der Waals surface area contributed by atoms with Gasteiger partial charge in [0, 0.05) is 16.4 Å². The second-order valence-electron chi connectivity index (χ2n) is 8.01. The smallest absolute Gasteiger partial charge is 0.260 e. The van der Waals surface area contributed by atoms with E-state index < -0.39 is 10.8 Å². The van der Waals surface area contributed by atoms with Crippen molar-refractivity contribution in [1.29, 1.82) is 0 Å². The highest BCUT2D eigenvalue weighted by molar-refractivity contribution is 8.01. The minimum Gasteiger partial charge on any atom is -0.497 e. The number of carbonyl (C=O) groups excluding carboxylic acids is 2. The highest BCUT2D eigenvalue weighted by Crippen LogP contribution is 2.58. The molecule has 2 aliphatic rings. The Labute approximate surface area is 191 Å². The molecule has 0 radical (unpaired) electrons. The van der Waals surface area contributed by atoms with Crippen molar-refractivity contribution in [3.8, 4) is 23.0 Å². The number of nitrogens with one attached hydrogen (secondary N) is 1. The fraction of sp³-hybridized carbons (Fsp3) is 0.391. The SMILES string of the molecule is COc1ccc(OC)c(NC(=O)[C@H]2N3C(=O)c4c(ccc(OC)c4OC)[C@@H]3SC2(C)C)c1. The van der Waals surface area contributed by atoms with E-state index in [1.807, 2.05) is 19.9 Å². The predicted octanol–water partition coefficient (Wildman–Crippen LogP) is 3.71. The van der Waals surface area contributed by atoms with Gasteiger partial charge in [-0.05, 0) is 32.0 Å². The van der Waals surface area contributed by atoms with Gasteiger partial charge in [-0.1, -0.05) is 6.07 Å². The van der Waals surface area contributed by atoms with Crippen LogP contribution in [0.1, 0.15) is 35.1 Å². The molecule has 1 fully saturated rings. The highest BCUT2D eigenvalue weighted by Gasteiger charge is 2.58. The topological polar surface area (TPSA) is 86.3 Å². The third-order valence-corrected chi connectivity index (χ3v) is 7.34. The van der Waals surface area contributed by atoms with Crippen LogP contribution >= 0.6 is 11.8 Å². The summed E-state index contributed by atoms with van der Waals surface area (Å²) in [6.07, 6.45) is 0. The molecule has 9 heteroatoms. The van der Waals surface area contributed by atoms with Gasteiger partial charge in [0.25, 0.3) is 5.91 Å². The Morgan fingerprint density at radius 3 is 2.31 bits per heavy atom. The van der Waals surface area contributed by atoms with Crippen LogP contribution in [0.2, 0.25) is 0 Å². The van der Waals surface area contributed by atoms with Crippen LogP contribution in [0.5, 0.6) is 23.0 Å². The van der Waals surface area contributed by atoms with Crippen LogP contribution in [0.15, 0.2) is 30.3 Å². The Bertz CT molecular complexity index is 1090. The first-order valence-electron chi connectivity index (χ1n) is 10.1. The molecule has 2 aliphatic heterocycles. The second kappa shape index (κ2) is 8.12. The number of methoxy groups -OCH3 is 4. The van der Waals surface area contributed by atoms with Crippen molar-refractivity contribution < 1.29 is 28.5 Å². The third-order valence-electron chi connectivity index (χ3n) is 5.81. The molecule has 1 saturated heterocycles. The first-order chi connectivity index (χ1) is 15.3. The number of hydrogen-bond acceptors (Lipinski definition) is 7. The molecule has 0 spiro atoms. The maximum absolute atomic E-state index is 13.6. The largest absolute Gasteiger partial charge is 0.497 e. The molecule has 0 saturated carbocycles. The number of fused-ring (bicyclic) bond motifs is 3. The third kappa shape index (κ3) is 3.31. The number of nitrogens with zero attached hydrogens (tertiary/aromatic N) is 1. The van der Waals surface area contributed by atoms with Crippen LogP contribution in [0.4, 0.5) is 5.69 Å². The molecular formula is C23H26N2O6S. The zero-order valence-corrected chi connectivity index (χ0v) is 19.7. The van der Waals surface area contributed by atoms with E-state index in [0.29, 0.717) is 34.2 Å². The van der Waals surface area contributed by atoms with Crippen molar-refractivity contribution in [2.75, 3.05) is 33.8 Å². The quantitative estimate of drug-likeness (QED) is 0.706. The lowest BCUT2D eigenvalue weighted by Crippen LogP contribution is -2.50. The Morgan fingerprint density at radius 2 is 1.69 bits per heavy atom. The van der Waals surface area contributed by atoms with E-state index in [4.69, 9.17) is 18.9 Å². The maximum Gasteiger partial charge on any atom is 0.260 e. The Kier molecular flexibility index (Phi) is 5.62. The molecule has 2 aromatic carbocycles. The molecule has 4 rings (SSSR count). The molecule has 0 aliphatic carbocycles. The van der Waals surface area contributed by atoms with E-state index in [2.05, 4.69) is 5.32 Å². The summed E-state index contributed by atoms with van der Waals surface area (Å²) in [6.45, 7) is 3.94. The van der Waals surface area contributed by atoms with E-state index in [1.165, 1.54) is 21.3 Å². The zero-order valence-electron chi connectivity index (χ0n) is 18.8. The number of thioether (sulfide) groups is 1. The molecule has 2 atom stereocenters. The molecule has 2 amide bonds. The van der Waals surface area contributed by atoms with Crippen molar-refractivity contribution in [2.45, 2.75) is 30.0 Å². The summed E-state index contributed by atoms with van der Waals surface area (Å²) >= 11 is 1.57. The summed E-state index contributed by atoms with van der Waals surface area (Å²) in [5.41, 5.74) is 1.74. The lowest BCUT2D eigenvalue weighted by Gasteiger charge is -2.29. The second-order valence-corrected chi connectivity index (χ2v) is 9.74. The summed E-state index contributed by atoms with van der Waals surface area (Å²) in [7, 11) is 6.12. The summed E-state index contributed by atoms with van der Waals surface area (Å²) < 4.78 is 21.0. The van der Waals surface area contributed by atoms with Crippen LogP contribution in [-0.4, -0.2) is 55.9 Å². The number of anilines is 1. The van der Waals surface area contributed by atoms with Crippen molar-refractivity contribution >= 4 is 29.3 Å². The number of benzene rings is 2. The number of hydrogen-bond donors (Lipinski definition) is 1. The lowest BCUT2D eigenvalue weighted by molar-refractivity contribution is -0.121. The van der Waals surface area contributed by atoms with E-state index in [-0.39, 0.29) is 17.2 Å². The monoisotopic (exact) mass is 458 g/mol. The van der Waals surface area contributed by atoms with Crippen molar-refractivity contribution in [3.05, 3.63) is 41.5 Å². The maximum atomic E-state index is 13.6. The Morgan fingerprint density at radius 1 is 1.00 bits per heavy atom. The van der Waals surface area contributed by atoms with Crippen molar-refractivity contribution in [3.63, 3.8) is 0 Å². The summed E-state index contributed by atoms with van der Waals surface area (Å²) in [6, 6.07) is 8.10. The molecule has 0 unspecified atom stereocenters. The Balaban J connectivity index is 1.72. The van der Waals surface area contributed by atoms with Crippen molar-refractivity contribution in [1.82, 2.24) is 4.90 Å². The average molecular weight is 459 g/mol. The molecule has 170 valence electrons. The summed E-state index contributed by atoms with van der Waals surface area (Å²) in [5.74, 6) is 1.39. The Hall–Kier alpha value is -3.07. The van der Waals surface area contributed by atoms with Crippen molar-refractivity contribution in [2.24, 2.45) is 0 Å². The molecule has 2 heterocycles. The summed E-state index contributed by atoms with van der Waals surface area (Å²) in [5, 5.41) is 2.64. The van der Waals surface area contributed by atoms with Crippen LogP contribution in [0.3, 0.4) is 0 Å². The highest BCUT2D eigenvalue weighted by atomic mass is 32.2. The van der Waals surface area contributed by atoms with Crippen LogP contribution in [0.25, 0.3) is 0 Å². The molecule has 2 aromatic rings. The number of ether oxygens (including phenoxy) is 4. The molecule has 1 N–H and O–H groups in total. The minimum absolute atomic E-state index is 0.253. The van der Waals surface area contributed by atoms with Gasteiger partial charge in [0.2, 0.25) is 5.91 Å². The van der Waals surface area contributed by atoms with Gasteiger partial charge in [0.05, 0.1) is 39.7 Å². The first kappa shape index (κ1) is 22.1. The molecule has 8 nitrogen and oxygen atoms in total. The molecule has 32 heavy (non-hydrogen) atoms. The van der Waals surface area contributed by atoms with Crippen LogP contribution in [0, 0.1) is 0 Å². The predicted molar refractivity (Wildman–Crippen MR) is 122 cm³/mol. The van der Waals surface area contributed by atoms with Gasteiger partial charge in [-0.15, -0.1) is 11.8 Å². The van der Waals surface area contributed by atoms with Crippen LogP contribution in [-0.2, 0) is 4.79 Å². The fourth-order valence-corrected chi connectivity index (χ4v) is 5.95.